The van der Waals surface area contributed by atoms with Gasteiger partial charge in [-0.2, -0.15) is 0 Å². The number of carbonyl (C=O) groups is 1. The van der Waals surface area contributed by atoms with Gasteiger partial charge in [0.2, 0.25) is 0 Å². The molecule has 0 aromatic carbocycles. The van der Waals surface area contributed by atoms with Crippen LogP contribution in [0.2, 0.25) is 0 Å². The zero-order chi connectivity index (χ0) is 9.98. The third kappa shape index (κ3) is 16.2. The molecule has 0 N–H and O–H groups in total. The predicted octanol–water partition coefficient (Wildman–Crippen LogP) is 1.53. The van der Waals surface area contributed by atoms with Crippen LogP contribution in [0.15, 0.2) is 0 Å². The molecule has 3 heteroatoms. The average Bonchev–Trinajstić information content (AvgIpc) is 2.02. The van der Waals surface area contributed by atoms with E-state index in [1.165, 1.54) is 6.92 Å². The van der Waals surface area contributed by atoms with Gasteiger partial charge in [0.1, 0.15) is 0 Å². The van der Waals surface area contributed by atoms with Gasteiger partial charge in [-0.05, 0) is 20.5 Å². The molecule has 0 atom stereocenters. The molecule has 0 spiro atoms. The SMILES string of the molecule is CC.CC(=O)OCCCN(C)C. The standard InChI is InChI=1S/C7H15NO2.C2H6/c1-7(9)10-6-4-5-8(2)3;1-2/h4-6H2,1-3H3;1-2H3. The van der Waals surface area contributed by atoms with Crippen LogP contribution >= 0.6 is 0 Å². The van der Waals surface area contributed by atoms with Gasteiger partial charge in [0, 0.05) is 13.5 Å². The summed E-state index contributed by atoms with van der Waals surface area (Å²) in [5, 5.41) is 0. The van der Waals surface area contributed by atoms with Crippen molar-refractivity contribution in [2.24, 2.45) is 0 Å². The van der Waals surface area contributed by atoms with Crippen LogP contribution in [0.3, 0.4) is 0 Å². The molecular weight excluding hydrogens is 154 g/mol. The summed E-state index contributed by atoms with van der Waals surface area (Å²) < 4.78 is 4.73. The van der Waals surface area contributed by atoms with Gasteiger partial charge >= 0.3 is 5.97 Å². The van der Waals surface area contributed by atoms with Crippen molar-refractivity contribution in [3.8, 4) is 0 Å². The number of hydrogen-bond acceptors (Lipinski definition) is 3. The summed E-state index contributed by atoms with van der Waals surface area (Å²) in [4.78, 5) is 12.3. The molecule has 0 aromatic rings. The van der Waals surface area contributed by atoms with E-state index >= 15 is 0 Å². The van der Waals surface area contributed by atoms with Gasteiger partial charge < -0.3 is 9.64 Å². The van der Waals surface area contributed by atoms with Crippen molar-refractivity contribution >= 4 is 5.97 Å². The van der Waals surface area contributed by atoms with Gasteiger partial charge in [-0.25, -0.2) is 0 Å². The predicted molar refractivity (Wildman–Crippen MR) is 51.2 cm³/mol. The van der Waals surface area contributed by atoms with Crippen LogP contribution < -0.4 is 0 Å². The van der Waals surface area contributed by atoms with Crippen molar-refractivity contribution in [1.82, 2.24) is 4.90 Å². The molecule has 0 fully saturated rings. The Morgan fingerprint density at radius 1 is 1.33 bits per heavy atom. The minimum Gasteiger partial charge on any atom is -0.466 e. The quantitative estimate of drug-likeness (QED) is 0.479. The lowest BCUT2D eigenvalue weighted by Crippen LogP contribution is -2.15. The molecular formula is C9H21NO2. The number of nitrogens with zero attached hydrogens (tertiary/aromatic N) is 1. The minimum absolute atomic E-state index is 0.196. The first-order chi connectivity index (χ1) is 5.63. The third-order valence-electron chi connectivity index (χ3n) is 1.05. The molecule has 3 nitrogen and oxygen atoms in total. The second-order valence-corrected chi connectivity index (χ2v) is 2.50. The summed E-state index contributed by atoms with van der Waals surface area (Å²) in [6.45, 7) is 6.93. The van der Waals surface area contributed by atoms with Gasteiger partial charge in [0.15, 0.2) is 0 Å². The van der Waals surface area contributed by atoms with E-state index in [9.17, 15) is 4.79 Å². The molecule has 0 bridgehead atoms. The van der Waals surface area contributed by atoms with E-state index in [0.717, 1.165) is 13.0 Å². The second kappa shape index (κ2) is 10.4. The van der Waals surface area contributed by atoms with Crippen molar-refractivity contribution in [2.75, 3.05) is 27.2 Å². The van der Waals surface area contributed by atoms with Crippen molar-refractivity contribution in [3.63, 3.8) is 0 Å². The normalized spacial score (nSPS) is 8.83. The summed E-state index contributed by atoms with van der Waals surface area (Å²) >= 11 is 0. The highest BCUT2D eigenvalue weighted by Crippen LogP contribution is 1.85. The van der Waals surface area contributed by atoms with Gasteiger partial charge in [-0.15, -0.1) is 0 Å². The molecule has 0 amide bonds. The summed E-state index contributed by atoms with van der Waals surface area (Å²) in [7, 11) is 3.99. The van der Waals surface area contributed by atoms with Crippen LogP contribution in [0.1, 0.15) is 27.2 Å². The molecule has 0 saturated carbocycles. The van der Waals surface area contributed by atoms with E-state index in [1.807, 2.05) is 27.9 Å². The monoisotopic (exact) mass is 175 g/mol. The molecule has 0 aromatic heterocycles. The molecule has 0 heterocycles. The Balaban J connectivity index is 0. The maximum Gasteiger partial charge on any atom is 0.302 e. The average molecular weight is 175 g/mol. The zero-order valence-electron chi connectivity index (χ0n) is 8.89. The lowest BCUT2D eigenvalue weighted by atomic mass is 10.4. The van der Waals surface area contributed by atoms with Crippen molar-refractivity contribution in [3.05, 3.63) is 0 Å². The number of carbonyl (C=O) groups excluding carboxylic acids is 1. The number of esters is 1. The molecule has 0 rings (SSSR count). The zero-order valence-corrected chi connectivity index (χ0v) is 8.89. The minimum atomic E-state index is -0.196. The molecule has 0 aliphatic heterocycles. The van der Waals surface area contributed by atoms with Gasteiger partial charge in [0.05, 0.1) is 6.61 Å². The first-order valence-corrected chi connectivity index (χ1v) is 4.41. The molecule has 12 heavy (non-hydrogen) atoms. The highest BCUT2D eigenvalue weighted by Gasteiger charge is 1.92. The summed E-state index contributed by atoms with van der Waals surface area (Å²) in [5.74, 6) is -0.196. The first kappa shape index (κ1) is 14.0. The van der Waals surface area contributed by atoms with Crippen LogP contribution in [0.5, 0.6) is 0 Å². The van der Waals surface area contributed by atoms with Crippen LogP contribution in [0.25, 0.3) is 0 Å². The first-order valence-electron chi connectivity index (χ1n) is 4.41. The smallest absolute Gasteiger partial charge is 0.302 e. The molecule has 0 aliphatic carbocycles. The fraction of sp³-hybridized carbons (Fsp3) is 0.889. The highest BCUT2D eigenvalue weighted by molar-refractivity contribution is 5.65. The van der Waals surface area contributed by atoms with Crippen LogP contribution in [0.4, 0.5) is 0 Å². The molecule has 0 aliphatic rings. The fourth-order valence-electron chi connectivity index (χ4n) is 0.597. The van der Waals surface area contributed by atoms with Gasteiger partial charge in [-0.3, -0.25) is 4.79 Å². The number of rotatable bonds is 4. The third-order valence-corrected chi connectivity index (χ3v) is 1.05. The Bertz CT molecular complexity index is 103. The van der Waals surface area contributed by atoms with Crippen LogP contribution in [-0.4, -0.2) is 38.1 Å². The van der Waals surface area contributed by atoms with Gasteiger partial charge in [0.25, 0.3) is 0 Å². The summed E-state index contributed by atoms with van der Waals surface area (Å²) in [5.41, 5.74) is 0. The lowest BCUT2D eigenvalue weighted by Gasteiger charge is -2.08. The van der Waals surface area contributed by atoms with Crippen molar-refractivity contribution in [2.45, 2.75) is 27.2 Å². The molecule has 74 valence electrons. The van der Waals surface area contributed by atoms with E-state index < -0.39 is 0 Å². The highest BCUT2D eigenvalue weighted by atomic mass is 16.5. The number of hydrogen-bond donors (Lipinski definition) is 0. The second-order valence-electron chi connectivity index (χ2n) is 2.50. The van der Waals surface area contributed by atoms with E-state index in [1.54, 1.807) is 0 Å². The van der Waals surface area contributed by atoms with Gasteiger partial charge in [-0.1, -0.05) is 13.8 Å². The number of ether oxygens (including phenoxy) is 1. The molecule has 0 radical (unpaired) electrons. The largest absolute Gasteiger partial charge is 0.466 e. The Kier molecular flexibility index (Phi) is 12.2. The molecule has 0 unspecified atom stereocenters. The van der Waals surface area contributed by atoms with Crippen molar-refractivity contribution in [1.29, 1.82) is 0 Å². The maximum atomic E-state index is 10.3. The molecule has 0 saturated heterocycles. The van der Waals surface area contributed by atoms with Crippen molar-refractivity contribution < 1.29 is 9.53 Å². The van der Waals surface area contributed by atoms with Crippen LogP contribution in [0, 0.1) is 0 Å². The summed E-state index contributed by atoms with van der Waals surface area (Å²) in [6, 6.07) is 0. The van der Waals surface area contributed by atoms with E-state index in [2.05, 4.69) is 4.90 Å². The van der Waals surface area contributed by atoms with E-state index in [0.29, 0.717) is 6.61 Å². The lowest BCUT2D eigenvalue weighted by molar-refractivity contribution is -0.141. The Morgan fingerprint density at radius 2 is 1.83 bits per heavy atom. The van der Waals surface area contributed by atoms with E-state index in [-0.39, 0.29) is 5.97 Å². The Morgan fingerprint density at radius 3 is 2.17 bits per heavy atom. The maximum absolute atomic E-state index is 10.3. The van der Waals surface area contributed by atoms with Crippen LogP contribution in [-0.2, 0) is 9.53 Å². The van der Waals surface area contributed by atoms with E-state index in [4.69, 9.17) is 4.74 Å². The fourth-order valence-corrected chi connectivity index (χ4v) is 0.597. The Labute approximate surface area is 75.7 Å². The topological polar surface area (TPSA) is 29.5 Å². The summed E-state index contributed by atoms with van der Waals surface area (Å²) in [6.07, 6.45) is 0.909. The Hall–Kier alpha value is -0.570.